The predicted octanol–water partition coefficient (Wildman–Crippen LogP) is -0.881. The molecule has 58 valence electrons. The summed E-state index contributed by atoms with van der Waals surface area (Å²) in [4.78, 5) is 10.3. The Kier molecular flexibility index (Phi) is 2.56. The lowest BCUT2D eigenvalue weighted by Gasteiger charge is -2.09. The van der Waals surface area contributed by atoms with E-state index in [9.17, 15) is 4.79 Å². The minimum absolute atomic E-state index is 0.132. The predicted molar refractivity (Wildman–Crippen MR) is 35.8 cm³/mol. The number of nitrogens with two attached hydrogens (primary N) is 1. The molecule has 0 aromatic rings. The minimum atomic E-state index is -1.96. The zero-order chi connectivity index (χ0) is 8.36. The van der Waals surface area contributed by atoms with Crippen molar-refractivity contribution in [2.45, 2.75) is 19.6 Å². The van der Waals surface area contributed by atoms with Gasteiger partial charge in [0.1, 0.15) is 0 Å². The lowest BCUT2D eigenvalue weighted by Crippen LogP contribution is -2.22. The van der Waals surface area contributed by atoms with E-state index >= 15 is 0 Å². The van der Waals surface area contributed by atoms with E-state index in [1.807, 2.05) is 0 Å². The lowest BCUT2D eigenvalue weighted by atomic mass is 10.2. The van der Waals surface area contributed by atoms with Crippen molar-refractivity contribution in [3.63, 3.8) is 0 Å². The molecular weight excluding hydrogens is 134 g/mol. The molecule has 0 bridgehead atoms. The first-order valence-corrected chi connectivity index (χ1v) is 2.77. The molecule has 4 N–H and O–H groups in total. The maximum absolute atomic E-state index is 10.3. The Morgan fingerprint density at radius 3 is 2.10 bits per heavy atom. The minimum Gasteiger partial charge on any atom is -0.366 e. The number of aliphatic hydroxyl groups is 2. The Bertz CT molecular complexity index is 166. The second-order valence-corrected chi connectivity index (χ2v) is 2.29. The summed E-state index contributed by atoms with van der Waals surface area (Å²) in [6.07, 6.45) is 0.981. The highest BCUT2D eigenvalue weighted by Gasteiger charge is 2.12. The first-order valence-electron chi connectivity index (χ1n) is 2.77. The van der Waals surface area contributed by atoms with Crippen LogP contribution < -0.4 is 5.73 Å². The van der Waals surface area contributed by atoms with Gasteiger partial charge in [-0.15, -0.1) is 0 Å². The van der Waals surface area contributed by atoms with Gasteiger partial charge in [0, 0.05) is 5.57 Å². The van der Waals surface area contributed by atoms with Crippen LogP contribution in [0.4, 0.5) is 0 Å². The molecule has 0 aliphatic heterocycles. The molecule has 0 atom stereocenters. The molecule has 0 aromatic carbocycles. The molecule has 0 heterocycles. The van der Waals surface area contributed by atoms with E-state index in [1.54, 1.807) is 0 Å². The molecule has 1 amide bonds. The van der Waals surface area contributed by atoms with Gasteiger partial charge in [-0.25, -0.2) is 0 Å². The standard InChI is InChI=1S/C6H11NO3/c1-4(5(7)8)3-6(2,9)10/h3,9-10H,1-2H3,(H2,7,8)/b4-3+. The van der Waals surface area contributed by atoms with Crippen LogP contribution in [0.1, 0.15) is 13.8 Å². The Morgan fingerprint density at radius 2 is 2.00 bits per heavy atom. The Morgan fingerprint density at radius 1 is 1.60 bits per heavy atom. The van der Waals surface area contributed by atoms with Crippen molar-refractivity contribution in [3.8, 4) is 0 Å². The molecule has 4 nitrogen and oxygen atoms in total. The van der Waals surface area contributed by atoms with E-state index in [2.05, 4.69) is 0 Å². The summed E-state index contributed by atoms with van der Waals surface area (Å²) in [5.74, 6) is -2.62. The SMILES string of the molecule is C/C(=C\C(C)(O)O)C(N)=O. The van der Waals surface area contributed by atoms with Gasteiger partial charge in [0.05, 0.1) is 0 Å². The summed E-state index contributed by atoms with van der Waals surface area (Å²) >= 11 is 0. The lowest BCUT2D eigenvalue weighted by molar-refractivity contribution is -0.116. The van der Waals surface area contributed by atoms with Crippen LogP contribution in [-0.2, 0) is 4.79 Å². The molecule has 0 saturated heterocycles. The molecule has 10 heavy (non-hydrogen) atoms. The fourth-order valence-corrected chi connectivity index (χ4v) is 0.481. The largest absolute Gasteiger partial charge is 0.366 e. The van der Waals surface area contributed by atoms with Crippen LogP contribution in [0.2, 0.25) is 0 Å². The molecule has 0 aromatic heterocycles. The van der Waals surface area contributed by atoms with Crippen LogP contribution in [0.15, 0.2) is 11.6 Å². The third kappa shape index (κ3) is 4.05. The fourth-order valence-electron chi connectivity index (χ4n) is 0.481. The van der Waals surface area contributed by atoms with Crippen LogP contribution >= 0.6 is 0 Å². The second kappa shape index (κ2) is 2.81. The topological polar surface area (TPSA) is 83.6 Å². The van der Waals surface area contributed by atoms with E-state index in [-0.39, 0.29) is 5.57 Å². The number of amides is 1. The highest BCUT2D eigenvalue weighted by atomic mass is 16.5. The number of carbonyl (C=O) groups excluding carboxylic acids is 1. The highest BCUT2D eigenvalue weighted by molar-refractivity contribution is 5.91. The summed E-state index contributed by atoms with van der Waals surface area (Å²) in [6.45, 7) is 2.55. The molecule has 0 saturated carbocycles. The van der Waals surface area contributed by atoms with Crippen molar-refractivity contribution >= 4 is 5.91 Å². The third-order valence-electron chi connectivity index (χ3n) is 0.879. The molecule has 0 spiro atoms. The zero-order valence-corrected chi connectivity index (χ0v) is 5.96. The first kappa shape index (κ1) is 9.13. The molecule has 0 aliphatic carbocycles. The third-order valence-corrected chi connectivity index (χ3v) is 0.879. The van der Waals surface area contributed by atoms with Crippen molar-refractivity contribution in [2.24, 2.45) is 5.73 Å². The van der Waals surface area contributed by atoms with Gasteiger partial charge in [-0.05, 0) is 19.9 Å². The zero-order valence-electron chi connectivity index (χ0n) is 5.96. The van der Waals surface area contributed by atoms with Gasteiger partial charge < -0.3 is 15.9 Å². The van der Waals surface area contributed by atoms with E-state index in [4.69, 9.17) is 15.9 Å². The summed E-state index contributed by atoms with van der Waals surface area (Å²) < 4.78 is 0. The average Bonchev–Trinajstić information content (AvgIpc) is 1.60. The van der Waals surface area contributed by atoms with Crippen molar-refractivity contribution in [1.82, 2.24) is 0 Å². The monoisotopic (exact) mass is 145 g/mol. The van der Waals surface area contributed by atoms with Gasteiger partial charge >= 0.3 is 0 Å². The van der Waals surface area contributed by atoms with Gasteiger partial charge in [-0.1, -0.05) is 0 Å². The van der Waals surface area contributed by atoms with E-state index < -0.39 is 11.7 Å². The molecule has 0 rings (SSSR count). The maximum Gasteiger partial charge on any atom is 0.244 e. The van der Waals surface area contributed by atoms with Gasteiger partial charge in [-0.2, -0.15) is 0 Å². The van der Waals surface area contributed by atoms with Crippen LogP contribution in [0, 0.1) is 0 Å². The van der Waals surface area contributed by atoms with Gasteiger partial charge in [0.25, 0.3) is 0 Å². The number of carbonyl (C=O) groups is 1. The Hall–Kier alpha value is -0.870. The smallest absolute Gasteiger partial charge is 0.244 e. The normalized spacial score (nSPS) is 13.4. The number of primary amides is 1. The molecule has 0 unspecified atom stereocenters. The summed E-state index contributed by atoms with van der Waals surface area (Å²) in [7, 11) is 0. The molecule has 0 aliphatic rings. The summed E-state index contributed by atoms with van der Waals surface area (Å²) in [5, 5.41) is 17.4. The molecule has 4 heteroatoms. The van der Waals surface area contributed by atoms with E-state index in [0.717, 1.165) is 13.0 Å². The molecule has 0 fully saturated rings. The van der Waals surface area contributed by atoms with Crippen molar-refractivity contribution in [3.05, 3.63) is 11.6 Å². The average molecular weight is 145 g/mol. The quantitative estimate of drug-likeness (QED) is 0.348. The van der Waals surface area contributed by atoms with Crippen LogP contribution in [0.25, 0.3) is 0 Å². The van der Waals surface area contributed by atoms with E-state index in [0.29, 0.717) is 0 Å². The van der Waals surface area contributed by atoms with Crippen molar-refractivity contribution in [2.75, 3.05) is 0 Å². The van der Waals surface area contributed by atoms with Gasteiger partial charge in [-0.3, -0.25) is 4.79 Å². The molecule has 0 radical (unpaired) electrons. The second-order valence-electron chi connectivity index (χ2n) is 2.29. The number of hydrogen-bond donors (Lipinski definition) is 3. The highest BCUT2D eigenvalue weighted by Crippen LogP contribution is 2.03. The fraction of sp³-hybridized carbons (Fsp3) is 0.500. The van der Waals surface area contributed by atoms with Gasteiger partial charge in [0.15, 0.2) is 5.79 Å². The van der Waals surface area contributed by atoms with Gasteiger partial charge in [0.2, 0.25) is 5.91 Å². The van der Waals surface area contributed by atoms with Crippen molar-refractivity contribution in [1.29, 1.82) is 0 Å². The summed E-state index contributed by atoms with van der Waals surface area (Å²) in [6, 6.07) is 0. The van der Waals surface area contributed by atoms with Crippen molar-refractivity contribution < 1.29 is 15.0 Å². The number of rotatable bonds is 2. The Labute approximate surface area is 59.0 Å². The molecular formula is C6H11NO3. The van der Waals surface area contributed by atoms with Crippen LogP contribution in [0.5, 0.6) is 0 Å². The number of hydrogen-bond acceptors (Lipinski definition) is 3. The van der Waals surface area contributed by atoms with Crippen LogP contribution in [-0.4, -0.2) is 21.9 Å². The van der Waals surface area contributed by atoms with E-state index in [1.165, 1.54) is 6.92 Å². The van der Waals surface area contributed by atoms with Crippen LogP contribution in [0.3, 0.4) is 0 Å². The Balaban J connectivity index is 4.32. The first-order chi connectivity index (χ1) is 4.33. The maximum atomic E-state index is 10.3. The summed E-state index contributed by atoms with van der Waals surface area (Å²) in [5.41, 5.74) is 4.95.